The molecule has 1 aromatic rings. The average molecular weight is 303 g/mol. The van der Waals surface area contributed by atoms with Gasteiger partial charge in [-0.1, -0.05) is 6.07 Å². The molecule has 0 saturated carbocycles. The normalized spacial score (nSPS) is 14.5. The Labute approximate surface area is 127 Å². The number of amides is 3. The number of hydrogen-bond acceptors (Lipinski definition) is 5. The van der Waals surface area contributed by atoms with Crippen LogP contribution in [0.2, 0.25) is 0 Å². The predicted octanol–water partition coefficient (Wildman–Crippen LogP) is 0.418. The molecule has 1 heterocycles. The molecular formula is C15H17N3O4. The van der Waals surface area contributed by atoms with E-state index in [-0.39, 0.29) is 29.9 Å². The summed E-state index contributed by atoms with van der Waals surface area (Å²) in [7, 11) is 3.14. The number of nitrogens with one attached hydrogen (secondary N) is 2. The maximum absolute atomic E-state index is 12.5. The summed E-state index contributed by atoms with van der Waals surface area (Å²) >= 11 is 0. The molecule has 0 aliphatic carbocycles. The Kier molecular flexibility index (Phi) is 4.55. The van der Waals surface area contributed by atoms with Gasteiger partial charge in [0.1, 0.15) is 6.29 Å². The van der Waals surface area contributed by atoms with Crippen LogP contribution < -0.4 is 10.6 Å². The maximum Gasteiger partial charge on any atom is 0.264 e. The van der Waals surface area contributed by atoms with Gasteiger partial charge in [-0.3, -0.25) is 19.3 Å². The first-order chi connectivity index (χ1) is 10.5. The van der Waals surface area contributed by atoms with Gasteiger partial charge < -0.3 is 15.4 Å². The van der Waals surface area contributed by atoms with Gasteiger partial charge in [0.2, 0.25) is 5.91 Å². The van der Waals surface area contributed by atoms with E-state index < -0.39 is 17.9 Å². The molecule has 1 atom stereocenters. The van der Waals surface area contributed by atoms with Crippen molar-refractivity contribution >= 4 is 29.7 Å². The smallest absolute Gasteiger partial charge is 0.264 e. The largest absolute Gasteiger partial charge is 0.387 e. The first-order valence-corrected chi connectivity index (χ1v) is 6.89. The molecule has 116 valence electrons. The van der Waals surface area contributed by atoms with E-state index in [1.54, 1.807) is 25.2 Å². The van der Waals surface area contributed by atoms with Crippen LogP contribution in [0.5, 0.6) is 0 Å². The molecule has 22 heavy (non-hydrogen) atoms. The summed E-state index contributed by atoms with van der Waals surface area (Å²) in [4.78, 5) is 48.4. The van der Waals surface area contributed by atoms with Crippen molar-refractivity contribution in [3.05, 3.63) is 29.3 Å². The van der Waals surface area contributed by atoms with Gasteiger partial charge in [0, 0.05) is 26.2 Å². The number of carbonyl (C=O) groups is 4. The summed E-state index contributed by atoms with van der Waals surface area (Å²) < 4.78 is 0. The minimum Gasteiger partial charge on any atom is -0.387 e. The number of hydrogen-bond donors (Lipinski definition) is 2. The Morgan fingerprint density at radius 3 is 2.59 bits per heavy atom. The lowest BCUT2D eigenvalue weighted by Gasteiger charge is -2.21. The molecule has 0 saturated heterocycles. The van der Waals surface area contributed by atoms with Crippen LogP contribution in [-0.2, 0) is 9.59 Å². The molecule has 0 fully saturated rings. The van der Waals surface area contributed by atoms with Crippen LogP contribution in [0.15, 0.2) is 18.2 Å². The second kappa shape index (κ2) is 6.38. The summed E-state index contributed by atoms with van der Waals surface area (Å²) in [5.74, 6) is -1.27. The van der Waals surface area contributed by atoms with Gasteiger partial charge in [-0.15, -0.1) is 0 Å². The molecule has 2 rings (SSSR count). The van der Waals surface area contributed by atoms with Crippen LogP contribution in [0, 0.1) is 0 Å². The molecular weight excluding hydrogens is 286 g/mol. The van der Waals surface area contributed by atoms with Crippen LogP contribution in [-0.4, -0.2) is 49.0 Å². The van der Waals surface area contributed by atoms with E-state index in [2.05, 4.69) is 10.6 Å². The Hall–Kier alpha value is -2.70. The average Bonchev–Trinajstić information content (AvgIpc) is 2.80. The zero-order valence-corrected chi connectivity index (χ0v) is 12.4. The van der Waals surface area contributed by atoms with Crippen molar-refractivity contribution in [1.82, 2.24) is 10.2 Å². The van der Waals surface area contributed by atoms with Crippen molar-refractivity contribution in [1.29, 1.82) is 0 Å². The maximum atomic E-state index is 12.5. The van der Waals surface area contributed by atoms with Crippen LogP contribution in [0.1, 0.15) is 33.6 Å². The van der Waals surface area contributed by atoms with Crippen LogP contribution in [0.4, 0.5) is 5.69 Å². The number of aldehydes is 1. The van der Waals surface area contributed by atoms with Crippen molar-refractivity contribution < 1.29 is 19.2 Å². The number of nitrogens with zero attached hydrogens (tertiary/aromatic N) is 1. The number of rotatable bonds is 6. The van der Waals surface area contributed by atoms with Gasteiger partial charge in [0.15, 0.2) is 0 Å². The highest BCUT2D eigenvalue weighted by Crippen LogP contribution is 2.30. The fraction of sp³-hybridized carbons (Fsp3) is 0.333. The summed E-state index contributed by atoms with van der Waals surface area (Å²) in [6.45, 7) is 0. The van der Waals surface area contributed by atoms with Crippen molar-refractivity contribution in [3.8, 4) is 0 Å². The lowest BCUT2D eigenvalue weighted by Crippen LogP contribution is -2.41. The molecule has 0 aromatic heterocycles. The minimum atomic E-state index is -0.950. The molecule has 1 aliphatic rings. The monoisotopic (exact) mass is 303 g/mol. The number of benzene rings is 1. The fourth-order valence-corrected chi connectivity index (χ4v) is 2.47. The molecule has 0 bridgehead atoms. The Bertz CT molecular complexity index is 642. The van der Waals surface area contributed by atoms with E-state index in [0.29, 0.717) is 12.0 Å². The lowest BCUT2D eigenvalue weighted by molar-refractivity contribution is -0.121. The summed E-state index contributed by atoms with van der Waals surface area (Å²) in [5, 5.41) is 5.30. The third kappa shape index (κ3) is 2.57. The van der Waals surface area contributed by atoms with E-state index in [1.165, 1.54) is 7.05 Å². The topological polar surface area (TPSA) is 95.6 Å². The number of imide groups is 1. The van der Waals surface area contributed by atoms with E-state index in [1.807, 2.05) is 0 Å². The molecule has 0 spiro atoms. The van der Waals surface area contributed by atoms with Gasteiger partial charge in [-0.25, -0.2) is 0 Å². The van der Waals surface area contributed by atoms with E-state index in [4.69, 9.17) is 0 Å². The van der Waals surface area contributed by atoms with Crippen molar-refractivity contribution in [2.75, 3.05) is 19.4 Å². The first kappa shape index (κ1) is 15.7. The third-order valence-corrected chi connectivity index (χ3v) is 3.65. The minimum absolute atomic E-state index is 0.0617. The molecule has 1 aromatic carbocycles. The van der Waals surface area contributed by atoms with Crippen LogP contribution in [0.3, 0.4) is 0 Å². The first-order valence-electron chi connectivity index (χ1n) is 6.89. The number of fused-ring (bicyclic) bond motifs is 1. The third-order valence-electron chi connectivity index (χ3n) is 3.65. The lowest BCUT2D eigenvalue weighted by atomic mass is 10.1. The second-order valence-corrected chi connectivity index (χ2v) is 4.87. The highest BCUT2D eigenvalue weighted by molar-refractivity contribution is 6.24. The van der Waals surface area contributed by atoms with E-state index >= 15 is 0 Å². The molecule has 2 N–H and O–H groups in total. The number of carbonyl (C=O) groups excluding carboxylic acids is 4. The summed E-state index contributed by atoms with van der Waals surface area (Å²) in [5.41, 5.74) is 1.07. The van der Waals surface area contributed by atoms with Gasteiger partial charge >= 0.3 is 0 Å². The van der Waals surface area contributed by atoms with E-state index in [9.17, 15) is 19.2 Å². The second-order valence-electron chi connectivity index (χ2n) is 4.87. The Morgan fingerprint density at radius 1 is 1.27 bits per heavy atom. The highest BCUT2D eigenvalue weighted by atomic mass is 16.2. The SMILES string of the molecule is CNC(=O)CCC(C=O)N1C(=O)c2cccc(NC)c2C1=O. The van der Waals surface area contributed by atoms with Gasteiger partial charge in [-0.05, 0) is 18.6 Å². The molecule has 7 heteroatoms. The quantitative estimate of drug-likeness (QED) is 0.586. The zero-order chi connectivity index (χ0) is 16.3. The Morgan fingerprint density at radius 2 is 2.00 bits per heavy atom. The Balaban J connectivity index is 2.30. The zero-order valence-electron chi connectivity index (χ0n) is 12.4. The van der Waals surface area contributed by atoms with Crippen molar-refractivity contribution in [2.24, 2.45) is 0 Å². The standard InChI is InChI=1S/C15H17N3O4/c1-16-11-5-3-4-10-13(11)15(22)18(14(10)21)9(8-19)6-7-12(20)17-2/h3-5,8-9,16H,6-7H2,1-2H3,(H,17,20). The highest BCUT2D eigenvalue weighted by Gasteiger charge is 2.41. The molecule has 1 unspecified atom stereocenters. The van der Waals surface area contributed by atoms with Crippen molar-refractivity contribution in [2.45, 2.75) is 18.9 Å². The predicted molar refractivity (Wildman–Crippen MR) is 79.6 cm³/mol. The van der Waals surface area contributed by atoms with Gasteiger partial charge in [-0.2, -0.15) is 0 Å². The number of anilines is 1. The fourth-order valence-electron chi connectivity index (χ4n) is 2.47. The summed E-state index contributed by atoms with van der Waals surface area (Å²) in [6, 6.07) is 3.96. The van der Waals surface area contributed by atoms with Gasteiger partial charge in [0.05, 0.1) is 17.2 Å². The summed E-state index contributed by atoms with van der Waals surface area (Å²) in [6.07, 6.45) is 0.694. The van der Waals surface area contributed by atoms with Gasteiger partial charge in [0.25, 0.3) is 11.8 Å². The molecule has 7 nitrogen and oxygen atoms in total. The van der Waals surface area contributed by atoms with Crippen LogP contribution >= 0.6 is 0 Å². The van der Waals surface area contributed by atoms with E-state index in [0.717, 1.165) is 4.90 Å². The van der Waals surface area contributed by atoms with Crippen LogP contribution in [0.25, 0.3) is 0 Å². The molecule has 1 aliphatic heterocycles. The van der Waals surface area contributed by atoms with Crippen molar-refractivity contribution in [3.63, 3.8) is 0 Å². The molecule has 0 radical (unpaired) electrons. The molecule has 3 amide bonds.